The van der Waals surface area contributed by atoms with Crippen molar-refractivity contribution in [2.24, 2.45) is 0 Å². The summed E-state index contributed by atoms with van der Waals surface area (Å²) in [5.41, 5.74) is 4.71. The van der Waals surface area contributed by atoms with Crippen LogP contribution in [-0.4, -0.2) is 45.5 Å². The average Bonchev–Trinajstić information content (AvgIpc) is 3.39. The summed E-state index contributed by atoms with van der Waals surface area (Å²) >= 11 is 1.61. The van der Waals surface area contributed by atoms with Crippen LogP contribution in [0.2, 0.25) is 0 Å². The molecule has 1 aliphatic rings. The minimum Gasteiger partial charge on any atom is -0.368 e. The maximum absolute atomic E-state index is 13.1. The maximum Gasteiger partial charge on any atom is 0.227 e. The number of aromatic nitrogens is 3. The lowest BCUT2D eigenvalue weighted by atomic mass is 10.1. The van der Waals surface area contributed by atoms with E-state index in [4.69, 9.17) is 4.74 Å². The van der Waals surface area contributed by atoms with Crippen molar-refractivity contribution in [3.05, 3.63) is 70.6 Å². The zero-order valence-corrected chi connectivity index (χ0v) is 18.9. The molecule has 1 saturated heterocycles. The zero-order valence-electron chi connectivity index (χ0n) is 18.1. The topological polar surface area (TPSA) is 83.1 Å². The Labute approximate surface area is 190 Å². The number of aryl methyl sites for hydroxylation is 2. The molecule has 0 bridgehead atoms. The third kappa shape index (κ3) is 4.37. The van der Waals surface area contributed by atoms with Crippen LogP contribution in [0.1, 0.15) is 27.9 Å². The van der Waals surface area contributed by atoms with E-state index in [1.807, 2.05) is 67.5 Å². The fraction of sp³-hybridized carbons (Fsp3) is 0.292. The SMILES string of the molecule is Cc1cc(Nc2ncc(C)s2)cc([C@H]2CN(C(=O)Cc3c[nH]c4ccccc34)CCO2)n1. The quantitative estimate of drug-likeness (QED) is 0.470. The van der Waals surface area contributed by atoms with Crippen LogP contribution in [0.5, 0.6) is 0 Å². The molecule has 3 aromatic heterocycles. The Bertz CT molecular complexity index is 1260. The van der Waals surface area contributed by atoms with Crippen molar-refractivity contribution in [3.8, 4) is 0 Å². The van der Waals surface area contributed by atoms with E-state index in [0.29, 0.717) is 26.1 Å². The number of fused-ring (bicyclic) bond motifs is 1. The molecule has 1 atom stereocenters. The molecule has 7 nitrogen and oxygen atoms in total. The molecular formula is C24H25N5O2S. The molecule has 4 heterocycles. The smallest absolute Gasteiger partial charge is 0.227 e. The highest BCUT2D eigenvalue weighted by Gasteiger charge is 2.27. The second-order valence-corrected chi connectivity index (χ2v) is 9.29. The molecule has 0 spiro atoms. The first-order valence-electron chi connectivity index (χ1n) is 10.7. The van der Waals surface area contributed by atoms with Gasteiger partial charge in [-0.3, -0.25) is 9.78 Å². The number of para-hydroxylation sites is 1. The highest BCUT2D eigenvalue weighted by Crippen LogP contribution is 2.28. The number of hydrogen-bond donors (Lipinski definition) is 2. The number of pyridine rings is 1. The highest BCUT2D eigenvalue weighted by molar-refractivity contribution is 7.15. The van der Waals surface area contributed by atoms with Crippen molar-refractivity contribution in [3.63, 3.8) is 0 Å². The first-order chi connectivity index (χ1) is 15.5. The van der Waals surface area contributed by atoms with Crippen molar-refractivity contribution in [1.29, 1.82) is 0 Å². The molecule has 1 aromatic carbocycles. The van der Waals surface area contributed by atoms with Gasteiger partial charge in [0.25, 0.3) is 0 Å². The molecule has 0 aliphatic carbocycles. The standard InChI is InChI=1S/C24H25N5O2S/c1-15-9-18(28-24-26-12-16(2)32-24)11-21(27-15)22-14-29(7-8-31-22)23(30)10-17-13-25-20-6-4-3-5-19(17)20/h3-6,9,11-13,22,25H,7-8,10,14H2,1-2H3,(H,26,27,28)/t22-/m1/s1. The third-order valence-electron chi connectivity index (χ3n) is 5.61. The molecule has 1 fully saturated rings. The summed E-state index contributed by atoms with van der Waals surface area (Å²) in [7, 11) is 0. The van der Waals surface area contributed by atoms with Crippen LogP contribution < -0.4 is 5.32 Å². The third-order valence-corrected chi connectivity index (χ3v) is 6.44. The number of aromatic amines is 1. The van der Waals surface area contributed by atoms with Crippen LogP contribution in [0, 0.1) is 13.8 Å². The number of H-pyrrole nitrogens is 1. The minimum absolute atomic E-state index is 0.104. The van der Waals surface area contributed by atoms with Crippen LogP contribution in [0.4, 0.5) is 10.8 Å². The number of carbonyl (C=O) groups is 1. The second kappa shape index (κ2) is 8.72. The fourth-order valence-electron chi connectivity index (χ4n) is 4.07. The number of amides is 1. The van der Waals surface area contributed by atoms with E-state index in [1.165, 1.54) is 0 Å². The Morgan fingerprint density at radius 2 is 2.19 bits per heavy atom. The monoisotopic (exact) mass is 447 g/mol. The molecule has 0 radical (unpaired) electrons. The Morgan fingerprint density at radius 3 is 3.03 bits per heavy atom. The van der Waals surface area contributed by atoms with Gasteiger partial charge in [-0.2, -0.15) is 0 Å². The van der Waals surface area contributed by atoms with Gasteiger partial charge in [0.15, 0.2) is 5.13 Å². The van der Waals surface area contributed by atoms with Gasteiger partial charge in [-0.05, 0) is 37.6 Å². The van der Waals surface area contributed by atoms with E-state index in [2.05, 4.69) is 20.3 Å². The van der Waals surface area contributed by atoms with Crippen molar-refractivity contribution >= 4 is 39.0 Å². The van der Waals surface area contributed by atoms with Crippen LogP contribution in [0.3, 0.4) is 0 Å². The number of carbonyl (C=O) groups excluding carboxylic acids is 1. The molecular weight excluding hydrogens is 422 g/mol. The molecule has 0 unspecified atom stereocenters. The van der Waals surface area contributed by atoms with Gasteiger partial charge in [-0.1, -0.05) is 18.2 Å². The number of nitrogens with zero attached hydrogens (tertiary/aromatic N) is 3. The van der Waals surface area contributed by atoms with E-state index >= 15 is 0 Å². The summed E-state index contributed by atoms with van der Waals surface area (Å²) in [6.45, 7) is 5.57. The average molecular weight is 448 g/mol. The summed E-state index contributed by atoms with van der Waals surface area (Å²) in [5, 5.41) is 5.30. The molecule has 1 aliphatic heterocycles. The molecule has 2 N–H and O–H groups in total. The Kier molecular flexibility index (Phi) is 5.63. The number of hydrogen-bond acceptors (Lipinski definition) is 6. The number of ether oxygens (including phenoxy) is 1. The minimum atomic E-state index is -0.255. The molecule has 32 heavy (non-hydrogen) atoms. The predicted molar refractivity (Wildman–Crippen MR) is 126 cm³/mol. The molecule has 1 amide bonds. The summed E-state index contributed by atoms with van der Waals surface area (Å²) in [6, 6.07) is 12.0. The van der Waals surface area contributed by atoms with Gasteiger partial charge in [-0.15, -0.1) is 11.3 Å². The Hall–Kier alpha value is -3.23. The van der Waals surface area contributed by atoms with Gasteiger partial charge >= 0.3 is 0 Å². The predicted octanol–water partition coefficient (Wildman–Crippen LogP) is 4.52. The van der Waals surface area contributed by atoms with Gasteiger partial charge in [0.2, 0.25) is 5.91 Å². The van der Waals surface area contributed by atoms with Crippen LogP contribution in [0.25, 0.3) is 10.9 Å². The number of benzene rings is 1. The molecule has 4 aromatic rings. The van der Waals surface area contributed by atoms with Crippen molar-refractivity contribution in [2.45, 2.75) is 26.4 Å². The lowest BCUT2D eigenvalue weighted by Gasteiger charge is -2.33. The number of rotatable bonds is 5. The van der Waals surface area contributed by atoms with Crippen molar-refractivity contribution < 1.29 is 9.53 Å². The second-order valence-electron chi connectivity index (χ2n) is 8.06. The Balaban J connectivity index is 1.30. The summed E-state index contributed by atoms with van der Waals surface area (Å²) in [6.07, 6.45) is 3.90. The molecule has 164 valence electrons. The van der Waals surface area contributed by atoms with Crippen LogP contribution in [0.15, 0.2) is 48.8 Å². The molecule has 0 saturated carbocycles. The largest absolute Gasteiger partial charge is 0.368 e. The molecule has 8 heteroatoms. The number of thiazole rings is 1. The van der Waals surface area contributed by atoms with Gasteiger partial charge < -0.3 is 19.9 Å². The van der Waals surface area contributed by atoms with Gasteiger partial charge in [-0.25, -0.2) is 4.98 Å². The van der Waals surface area contributed by atoms with Crippen molar-refractivity contribution in [2.75, 3.05) is 25.0 Å². The number of anilines is 2. The first kappa shape index (κ1) is 20.7. The van der Waals surface area contributed by atoms with Gasteiger partial charge in [0.05, 0.1) is 25.3 Å². The Morgan fingerprint density at radius 1 is 1.31 bits per heavy atom. The summed E-state index contributed by atoms with van der Waals surface area (Å²) < 4.78 is 6.01. The zero-order chi connectivity index (χ0) is 22.1. The van der Waals surface area contributed by atoms with E-state index in [-0.39, 0.29) is 12.0 Å². The highest BCUT2D eigenvalue weighted by atomic mass is 32.1. The van der Waals surface area contributed by atoms with Gasteiger partial charge in [0, 0.05) is 46.1 Å². The van der Waals surface area contributed by atoms with Gasteiger partial charge in [0.1, 0.15) is 6.10 Å². The van der Waals surface area contributed by atoms with E-state index < -0.39 is 0 Å². The molecule has 5 rings (SSSR count). The van der Waals surface area contributed by atoms with E-state index in [0.717, 1.165) is 43.6 Å². The lowest BCUT2D eigenvalue weighted by Crippen LogP contribution is -2.43. The normalized spacial score (nSPS) is 16.4. The maximum atomic E-state index is 13.1. The van der Waals surface area contributed by atoms with Crippen LogP contribution >= 0.6 is 11.3 Å². The van der Waals surface area contributed by atoms with E-state index in [9.17, 15) is 4.79 Å². The first-order valence-corrected chi connectivity index (χ1v) is 11.5. The lowest BCUT2D eigenvalue weighted by molar-refractivity contribution is -0.138. The van der Waals surface area contributed by atoms with Crippen LogP contribution in [-0.2, 0) is 16.0 Å². The van der Waals surface area contributed by atoms with E-state index in [1.54, 1.807) is 11.3 Å². The number of morpholine rings is 1. The summed E-state index contributed by atoms with van der Waals surface area (Å²) in [5.74, 6) is 0.104. The summed E-state index contributed by atoms with van der Waals surface area (Å²) in [4.78, 5) is 28.4. The van der Waals surface area contributed by atoms with Crippen molar-refractivity contribution in [1.82, 2.24) is 19.9 Å². The fourth-order valence-corrected chi connectivity index (χ4v) is 4.76. The number of nitrogens with one attached hydrogen (secondary N) is 2.